The molecule has 6 nitrogen and oxygen atoms in total. The van der Waals surface area contributed by atoms with E-state index in [0.29, 0.717) is 18.0 Å². The summed E-state index contributed by atoms with van der Waals surface area (Å²) in [5.41, 5.74) is 3.88. The number of ether oxygens (including phenoxy) is 2. The Balaban J connectivity index is 1.99. The molecule has 26 heavy (non-hydrogen) atoms. The van der Waals surface area contributed by atoms with Crippen molar-refractivity contribution in [2.24, 2.45) is 0 Å². The van der Waals surface area contributed by atoms with Crippen LogP contribution in [0.25, 0.3) is 0 Å². The fourth-order valence-corrected chi connectivity index (χ4v) is 2.64. The van der Waals surface area contributed by atoms with Gasteiger partial charge >= 0.3 is 6.03 Å². The number of aliphatic hydroxyl groups is 1. The molecule has 0 aliphatic heterocycles. The summed E-state index contributed by atoms with van der Waals surface area (Å²) in [6, 6.07) is 11.1. The van der Waals surface area contributed by atoms with Gasteiger partial charge in [0.15, 0.2) is 11.5 Å². The van der Waals surface area contributed by atoms with E-state index in [0.717, 1.165) is 28.8 Å². The lowest BCUT2D eigenvalue weighted by molar-refractivity contribution is 0.196. The lowest BCUT2D eigenvalue weighted by atomic mass is 10.1. The second kappa shape index (κ2) is 9.68. The third kappa shape index (κ3) is 5.13. The molecule has 0 unspecified atom stereocenters. The molecule has 0 bridgehead atoms. The summed E-state index contributed by atoms with van der Waals surface area (Å²) in [5, 5.41) is 14.6. The lowest BCUT2D eigenvalue weighted by Gasteiger charge is -2.14. The number of rotatable bonds is 8. The van der Waals surface area contributed by atoms with Crippen LogP contribution < -0.4 is 20.1 Å². The van der Waals surface area contributed by atoms with Crippen LogP contribution in [0.3, 0.4) is 0 Å². The number of methoxy groups -OCH3 is 1. The Labute approximate surface area is 154 Å². The summed E-state index contributed by atoms with van der Waals surface area (Å²) in [7, 11) is 1.55. The van der Waals surface area contributed by atoms with Crippen LogP contribution in [0.5, 0.6) is 11.5 Å². The third-order valence-corrected chi connectivity index (χ3v) is 4.01. The number of aliphatic hydroxyl groups excluding tert-OH is 1. The van der Waals surface area contributed by atoms with Gasteiger partial charge in [0, 0.05) is 12.2 Å². The molecule has 0 aliphatic carbocycles. The highest BCUT2D eigenvalue weighted by atomic mass is 16.5. The topological polar surface area (TPSA) is 79.8 Å². The molecule has 0 atom stereocenters. The van der Waals surface area contributed by atoms with Crippen LogP contribution in [0.4, 0.5) is 10.5 Å². The first-order valence-electron chi connectivity index (χ1n) is 8.63. The largest absolute Gasteiger partial charge is 0.493 e. The van der Waals surface area contributed by atoms with Gasteiger partial charge in [0.1, 0.15) is 6.61 Å². The molecule has 0 aliphatic rings. The predicted octanol–water partition coefficient (Wildman–Crippen LogP) is 3.26. The summed E-state index contributed by atoms with van der Waals surface area (Å²) in [6.45, 7) is 4.53. The average molecular weight is 358 g/mol. The first kappa shape index (κ1) is 19.6. The Bertz CT molecular complexity index is 747. The maximum Gasteiger partial charge on any atom is 0.319 e. The smallest absolute Gasteiger partial charge is 0.319 e. The van der Waals surface area contributed by atoms with Gasteiger partial charge in [-0.1, -0.05) is 31.2 Å². The second-order valence-electron chi connectivity index (χ2n) is 5.83. The number of para-hydroxylation sites is 1. The molecule has 0 spiro atoms. The van der Waals surface area contributed by atoms with Crippen molar-refractivity contribution in [2.75, 3.05) is 25.6 Å². The number of urea groups is 1. The van der Waals surface area contributed by atoms with E-state index in [1.165, 1.54) is 0 Å². The van der Waals surface area contributed by atoms with E-state index in [9.17, 15) is 4.79 Å². The number of amides is 2. The predicted molar refractivity (Wildman–Crippen MR) is 102 cm³/mol. The summed E-state index contributed by atoms with van der Waals surface area (Å²) in [5.74, 6) is 1.12. The van der Waals surface area contributed by atoms with Crippen molar-refractivity contribution in [3.8, 4) is 11.5 Å². The molecular weight excluding hydrogens is 332 g/mol. The average Bonchev–Trinajstić information content (AvgIpc) is 2.66. The highest BCUT2D eigenvalue weighted by Crippen LogP contribution is 2.28. The Morgan fingerprint density at radius 3 is 2.69 bits per heavy atom. The molecule has 0 saturated carbocycles. The molecule has 0 radical (unpaired) electrons. The van der Waals surface area contributed by atoms with Crippen molar-refractivity contribution in [3.63, 3.8) is 0 Å². The molecule has 0 fully saturated rings. The fourth-order valence-electron chi connectivity index (χ4n) is 2.64. The zero-order chi connectivity index (χ0) is 18.9. The van der Waals surface area contributed by atoms with Crippen LogP contribution in [0.2, 0.25) is 0 Å². The standard InChI is InChI=1S/C20H26N2O4/c1-4-16-7-5-6-14(2)19(16)22-20(24)21-13-15-8-9-17(26-11-10-23)18(12-15)25-3/h5-9,12,23H,4,10-11,13H2,1-3H3,(H2,21,22,24). The molecule has 2 aromatic carbocycles. The molecule has 2 amide bonds. The van der Waals surface area contributed by atoms with Gasteiger partial charge in [-0.2, -0.15) is 0 Å². The van der Waals surface area contributed by atoms with E-state index in [1.54, 1.807) is 19.2 Å². The summed E-state index contributed by atoms with van der Waals surface area (Å²) in [4.78, 5) is 12.3. The normalized spacial score (nSPS) is 10.3. The quantitative estimate of drug-likeness (QED) is 0.677. The van der Waals surface area contributed by atoms with Crippen LogP contribution in [0, 0.1) is 6.92 Å². The lowest BCUT2D eigenvalue weighted by Crippen LogP contribution is -2.29. The van der Waals surface area contributed by atoms with Gasteiger partial charge in [-0.3, -0.25) is 0 Å². The number of aryl methyl sites for hydroxylation is 2. The van der Waals surface area contributed by atoms with E-state index in [1.807, 2.05) is 31.2 Å². The van der Waals surface area contributed by atoms with Crippen molar-refractivity contribution < 1.29 is 19.4 Å². The van der Waals surface area contributed by atoms with E-state index in [4.69, 9.17) is 14.6 Å². The number of carbonyl (C=O) groups excluding carboxylic acids is 1. The number of nitrogens with one attached hydrogen (secondary N) is 2. The van der Waals surface area contributed by atoms with Crippen LogP contribution in [0.1, 0.15) is 23.6 Å². The first-order chi connectivity index (χ1) is 12.6. The summed E-state index contributed by atoms with van der Waals surface area (Å²) >= 11 is 0. The monoisotopic (exact) mass is 358 g/mol. The number of carbonyl (C=O) groups is 1. The second-order valence-corrected chi connectivity index (χ2v) is 5.83. The summed E-state index contributed by atoms with van der Waals surface area (Å²) in [6.07, 6.45) is 0.851. The van der Waals surface area contributed by atoms with E-state index in [-0.39, 0.29) is 19.2 Å². The Morgan fingerprint density at radius 1 is 1.19 bits per heavy atom. The Hall–Kier alpha value is -2.73. The Kier molecular flexibility index (Phi) is 7.29. The van der Waals surface area contributed by atoms with Gasteiger partial charge < -0.3 is 25.2 Å². The number of anilines is 1. The molecule has 6 heteroatoms. The minimum atomic E-state index is -0.256. The van der Waals surface area contributed by atoms with E-state index >= 15 is 0 Å². The number of hydrogen-bond donors (Lipinski definition) is 3. The van der Waals surface area contributed by atoms with Gasteiger partial charge in [0.05, 0.1) is 13.7 Å². The summed E-state index contributed by atoms with van der Waals surface area (Å²) < 4.78 is 10.7. The van der Waals surface area contributed by atoms with Gasteiger partial charge in [-0.05, 0) is 42.2 Å². The van der Waals surface area contributed by atoms with Gasteiger partial charge in [0.25, 0.3) is 0 Å². The molecule has 3 N–H and O–H groups in total. The van der Waals surface area contributed by atoms with Gasteiger partial charge in [-0.25, -0.2) is 4.79 Å². The third-order valence-electron chi connectivity index (χ3n) is 4.01. The number of benzene rings is 2. The maximum atomic E-state index is 12.3. The van der Waals surface area contributed by atoms with Crippen LogP contribution in [-0.4, -0.2) is 31.5 Å². The van der Waals surface area contributed by atoms with E-state index < -0.39 is 0 Å². The maximum absolute atomic E-state index is 12.3. The SMILES string of the molecule is CCc1cccc(C)c1NC(=O)NCc1ccc(OCCO)c(OC)c1. The van der Waals surface area contributed by atoms with Crippen molar-refractivity contribution in [3.05, 3.63) is 53.1 Å². The van der Waals surface area contributed by atoms with Gasteiger partial charge in [0.2, 0.25) is 0 Å². The minimum absolute atomic E-state index is 0.0642. The van der Waals surface area contributed by atoms with Crippen molar-refractivity contribution >= 4 is 11.7 Å². The molecule has 0 saturated heterocycles. The Morgan fingerprint density at radius 2 is 2.00 bits per heavy atom. The highest BCUT2D eigenvalue weighted by Gasteiger charge is 2.10. The molecule has 2 aromatic rings. The van der Waals surface area contributed by atoms with Crippen molar-refractivity contribution in [2.45, 2.75) is 26.8 Å². The first-order valence-corrected chi connectivity index (χ1v) is 8.63. The number of hydrogen-bond acceptors (Lipinski definition) is 4. The zero-order valence-electron chi connectivity index (χ0n) is 15.5. The van der Waals surface area contributed by atoms with Crippen molar-refractivity contribution in [1.82, 2.24) is 5.32 Å². The van der Waals surface area contributed by atoms with Crippen LogP contribution in [0.15, 0.2) is 36.4 Å². The molecule has 0 heterocycles. The van der Waals surface area contributed by atoms with Crippen molar-refractivity contribution in [1.29, 1.82) is 0 Å². The minimum Gasteiger partial charge on any atom is -0.493 e. The molecule has 0 aromatic heterocycles. The molecular formula is C20H26N2O4. The van der Waals surface area contributed by atoms with Crippen LogP contribution >= 0.6 is 0 Å². The molecule has 140 valence electrons. The molecule has 2 rings (SSSR count). The highest BCUT2D eigenvalue weighted by molar-refractivity contribution is 5.91. The van der Waals surface area contributed by atoms with Crippen LogP contribution in [-0.2, 0) is 13.0 Å². The van der Waals surface area contributed by atoms with Gasteiger partial charge in [-0.15, -0.1) is 0 Å². The zero-order valence-corrected chi connectivity index (χ0v) is 15.5. The van der Waals surface area contributed by atoms with E-state index in [2.05, 4.69) is 17.6 Å². The fraction of sp³-hybridized carbons (Fsp3) is 0.350.